The summed E-state index contributed by atoms with van der Waals surface area (Å²) in [4.78, 5) is 24.5. The lowest BCUT2D eigenvalue weighted by Gasteiger charge is -2.02. The fourth-order valence-electron chi connectivity index (χ4n) is 1.73. The molecule has 7 heteroatoms. The van der Waals surface area contributed by atoms with Crippen LogP contribution in [0.1, 0.15) is 22.8 Å². The molecular weight excluding hydrogens is 272 g/mol. The van der Waals surface area contributed by atoms with Gasteiger partial charge in [-0.3, -0.25) is 4.79 Å². The molecule has 0 radical (unpaired) electrons. The average Bonchev–Trinajstić information content (AvgIpc) is 2.86. The van der Waals surface area contributed by atoms with Gasteiger partial charge in [0.05, 0.1) is 12.8 Å². The van der Waals surface area contributed by atoms with Crippen molar-refractivity contribution >= 4 is 17.7 Å². The Morgan fingerprint density at radius 1 is 1.38 bits per heavy atom. The van der Waals surface area contributed by atoms with Crippen LogP contribution in [0.2, 0.25) is 0 Å². The molecule has 7 nitrogen and oxygen atoms in total. The Bertz CT molecular complexity index is 651. The van der Waals surface area contributed by atoms with Crippen molar-refractivity contribution in [2.24, 2.45) is 0 Å². The summed E-state index contributed by atoms with van der Waals surface area (Å²) < 4.78 is 4.79. The SMILES string of the molecule is CCOC(=O)Cn1ncc(NC(=O)c2cccc(C)c2)n1. The zero-order chi connectivity index (χ0) is 15.2. The Balaban J connectivity index is 1.99. The third-order valence-electron chi connectivity index (χ3n) is 2.63. The molecule has 0 aliphatic heterocycles. The highest BCUT2D eigenvalue weighted by molar-refractivity contribution is 6.03. The summed E-state index contributed by atoms with van der Waals surface area (Å²) in [6, 6.07) is 7.21. The van der Waals surface area contributed by atoms with Crippen LogP contribution in [0.4, 0.5) is 5.82 Å². The molecule has 0 atom stereocenters. The van der Waals surface area contributed by atoms with Crippen molar-refractivity contribution in [1.29, 1.82) is 0 Å². The number of amides is 1. The van der Waals surface area contributed by atoms with E-state index >= 15 is 0 Å². The van der Waals surface area contributed by atoms with Crippen LogP contribution < -0.4 is 5.32 Å². The smallest absolute Gasteiger partial charge is 0.329 e. The van der Waals surface area contributed by atoms with Crippen LogP contribution in [-0.4, -0.2) is 33.5 Å². The van der Waals surface area contributed by atoms with Crippen molar-refractivity contribution < 1.29 is 14.3 Å². The lowest BCUT2D eigenvalue weighted by molar-refractivity contribution is -0.144. The van der Waals surface area contributed by atoms with Gasteiger partial charge in [-0.25, -0.2) is 4.79 Å². The minimum atomic E-state index is -0.426. The number of nitrogens with zero attached hydrogens (tertiary/aromatic N) is 3. The number of carbonyl (C=O) groups is 2. The number of esters is 1. The molecule has 110 valence electrons. The number of anilines is 1. The van der Waals surface area contributed by atoms with E-state index in [1.54, 1.807) is 19.1 Å². The largest absolute Gasteiger partial charge is 0.465 e. The number of rotatable bonds is 5. The highest BCUT2D eigenvalue weighted by atomic mass is 16.5. The van der Waals surface area contributed by atoms with Crippen molar-refractivity contribution in [3.05, 3.63) is 41.6 Å². The van der Waals surface area contributed by atoms with E-state index in [1.807, 2.05) is 19.1 Å². The first-order valence-electron chi connectivity index (χ1n) is 6.52. The van der Waals surface area contributed by atoms with Crippen molar-refractivity contribution in [3.63, 3.8) is 0 Å². The number of benzene rings is 1. The number of hydrogen-bond acceptors (Lipinski definition) is 5. The minimum absolute atomic E-state index is 0.0891. The van der Waals surface area contributed by atoms with Crippen LogP contribution in [0.5, 0.6) is 0 Å². The number of hydrogen-bond donors (Lipinski definition) is 1. The lowest BCUT2D eigenvalue weighted by Crippen LogP contribution is -2.16. The molecule has 1 aromatic heterocycles. The first-order valence-corrected chi connectivity index (χ1v) is 6.52. The third kappa shape index (κ3) is 4.13. The highest BCUT2D eigenvalue weighted by Gasteiger charge is 2.10. The number of carbonyl (C=O) groups excluding carboxylic acids is 2. The standard InChI is InChI=1S/C14H16N4O3/c1-3-21-13(19)9-18-15-8-12(17-18)16-14(20)11-6-4-5-10(2)7-11/h4-8H,3,9H2,1-2H3,(H,16,17,20). The lowest BCUT2D eigenvalue weighted by atomic mass is 10.1. The summed E-state index contributed by atoms with van der Waals surface area (Å²) in [5.41, 5.74) is 1.53. The molecule has 0 spiro atoms. The molecule has 1 aromatic carbocycles. The maximum Gasteiger partial charge on any atom is 0.329 e. The molecule has 1 heterocycles. The van der Waals surface area contributed by atoms with E-state index in [4.69, 9.17) is 4.74 Å². The van der Waals surface area contributed by atoms with E-state index in [0.29, 0.717) is 12.2 Å². The summed E-state index contributed by atoms with van der Waals surface area (Å²) in [5.74, 6) is -0.419. The summed E-state index contributed by atoms with van der Waals surface area (Å²) in [6.07, 6.45) is 1.38. The van der Waals surface area contributed by atoms with Gasteiger partial charge in [0.15, 0.2) is 12.4 Å². The molecule has 21 heavy (non-hydrogen) atoms. The van der Waals surface area contributed by atoms with Gasteiger partial charge >= 0.3 is 5.97 Å². The van der Waals surface area contributed by atoms with Crippen LogP contribution in [0.25, 0.3) is 0 Å². The van der Waals surface area contributed by atoms with Gasteiger partial charge in [-0.05, 0) is 26.0 Å². The Hall–Kier alpha value is -2.70. The molecule has 2 aromatic rings. The van der Waals surface area contributed by atoms with Gasteiger partial charge in [0.2, 0.25) is 0 Å². The predicted octanol–water partition coefficient (Wildman–Crippen LogP) is 1.40. The Labute approximate surface area is 121 Å². The fourth-order valence-corrected chi connectivity index (χ4v) is 1.73. The molecule has 0 bridgehead atoms. The molecule has 1 N–H and O–H groups in total. The van der Waals surface area contributed by atoms with Crippen molar-refractivity contribution in [2.45, 2.75) is 20.4 Å². The van der Waals surface area contributed by atoms with Crippen LogP contribution in [-0.2, 0) is 16.1 Å². The van der Waals surface area contributed by atoms with Crippen molar-refractivity contribution in [2.75, 3.05) is 11.9 Å². The van der Waals surface area contributed by atoms with E-state index in [1.165, 1.54) is 11.0 Å². The molecule has 0 fully saturated rings. The summed E-state index contributed by atoms with van der Waals surface area (Å²) >= 11 is 0. The van der Waals surface area contributed by atoms with E-state index in [2.05, 4.69) is 15.5 Å². The van der Waals surface area contributed by atoms with Crippen LogP contribution in [0.3, 0.4) is 0 Å². The van der Waals surface area contributed by atoms with E-state index < -0.39 is 5.97 Å². The highest BCUT2D eigenvalue weighted by Crippen LogP contribution is 2.07. The molecule has 2 rings (SSSR count). The van der Waals surface area contributed by atoms with Gasteiger partial charge in [0.25, 0.3) is 5.91 Å². The molecule has 0 saturated carbocycles. The van der Waals surface area contributed by atoms with Crippen LogP contribution >= 0.6 is 0 Å². The second-order valence-corrected chi connectivity index (χ2v) is 4.39. The molecule has 0 aliphatic carbocycles. The predicted molar refractivity (Wildman–Crippen MR) is 75.8 cm³/mol. The van der Waals surface area contributed by atoms with Gasteiger partial charge in [-0.15, -0.1) is 5.10 Å². The second-order valence-electron chi connectivity index (χ2n) is 4.39. The third-order valence-corrected chi connectivity index (χ3v) is 2.63. The van der Waals surface area contributed by atoms with E-state index in [-0.39, 0.29) is 18.3 Å². The van der Waals surface area contributed by atoms with E-state index in [9.17, 15) is 9.59 Å². The van der Waals surface area contributed by atoms with Crippen LogP contribution in [0, 0.1) is 6.92 Å². The Morgan fingerprint density at radius 2 is 2.19 bits per heavy atom. The first-order chi connectivity index (χ1) is 10.1. The fraction of sp³-hybridized carbons (Fsp3) is 0.286. The van der Waals surface area contributed by atoms with Crippen molar-refractivity contribution in [3.8, 4) is 0 Å². The quantitative estimate of drug-likeness (QED) is 0.840. The van der Waals surface area contributed by atoms with Crippen LogP contribution in [0.15, 0.2) is 30.5 Å². The summed E-state index contributed by atoms with van der Waals surface area (Å²) in [6.45, 7) is 3.85. The number of aryl methyl sites for hydroxylation is 1. The first kappa shape index (κ1) is 14.7. The van der Waals surface area contributed by atoms with E-state index in [0.717, 1.165) is 5.56 Å². The Kier molecular flexibility index (Phi) is 4.65. The maximum atomic E-state index is 12.0. The number of aromatic nitrogens is 3. The summed E-state index contributed by atoms with van der Waals surface area (Å²) in [5, 5.41) is 10.5. The monoisotopic (exact) mass is 288 g/mol. The molecule has 0 saturated heterocycles. The average molecular weight is 288 g/mol. The number of ether oxygens (including phenoxy) is 1. The van der Waals surface area contributed by atoms with Crippen molar-refractivity contribution in [1.82, 2.24) is 15.0 Å². The summed E-state index contributed by atoms with van der Waals surface area (Å²) in [7, 11) is 0. The normalized spacial score (nSPS) is 10.2. The van der Waals surface area contributed by atoms with Gasteiger partial charge in [-0.1, -0.05) is 17.7 Å². The second kappa shape index (κ2) is 6.65. The van der Waals surface area contributed by atoms with Gasteiger partial charge in [0.1, 0.15) is 0 Å². The molecule has 0 unspecified atom stereocenters. The maximum absolute atomic E-state index is 12.0. The Morgan fingerprint density at radius 3 is 2.90 bits per heavy atom. The van der Waals surface area contributed by atoms with Gasteiger partial charge < -0.3 is 10.1 Å². The van der Waals surface area contributed by atoms with Gasteiger partial charge in [0, 0.05) is 5.56 Å². The number of nitrogens with one attached hydrogen (secondary N) is 1. The molecule has 1 amide bonds. The minimum Gasteiger partial charge on any atom is -0.465 e. The topological polar surface area (TPSA) is 86.1 Å². The zero-order valence-electron chi connectivity index (χ0n) is 11.9. The van der Waals surface area contributed by atoms with Gasteiger partial charge in [-0.2, -0.15) is 9.90 Å². The zero-order valence-corrected chi connectivity index (χ0v) is 11.9. The molecule has 0 aliphatic rings. The molecular formula is C14H16N4O3.